The number of carboxylic acid groups (broad SMARTS) is 1. The van der Waals surface area contributed by atoms with Gasteiger partial charge in [0, 0.05) is 11.6 Å². The minimum absolute atomic E-state index is 0.0678. The number of rotatable bonds is 3. The van der Waals surface area contributed by atoms with Crippen molar-refractivity contribution < 1.29 is 23.6 Å². The Bertz CT molecular complexity index is 606. The Balaban J connectivity index is 2.50. The number of nitrogens with zero attached hydrogens (tertiary/aromatic N) is 1. The van der Waals surface area contributed by atoms with E-state index in [-0.39, 0.29) is 17.2 Å². The van der Waals surface area contributed by atoms with Gasteiger partial charge in [0.1, 0.15) is 0 Å². The van der Waals surface area contributed by atoms with Gasteiger partial charge in [-0.05, 0) is 24.6 Å². The van der Waals surface area contributed by atoms with Crippen molar-refractivity contribution in [1.29, 1.82) is 0 Å². The predicted octanol–water partition coefficient (Wildman–Crippen LogP) is 2.50. The Hall–Kier alpha value is -2.37. The second-order valence-electron chi connectivity index (χ2n) is 3.69. The number of benzene rings is 1. The summed E-state index contributed by atoms with van der Waals surface area (Å²) in [4.78, 5) is 10.7. The first kappa shape index (κ1) is 12.1. The van der Waals surface area contributed by atoms with E-state index < -0.39 is 11.8 Å². The van der Waals surface area contributed by atoms with E-state index in [0.717, 1.165) is 0 Å². The fourth-order valence-corrected chi connectivity index (χ4v) is 1.54. The second kappa shape index (κ2) is 4.48. The fraction of sp³-hybridized carbons (Fsp3) is 0.167. The van der Waals surface area contributed by atoms with E-state index in [1.165, 1.54) is 25.3 Å². The predicted molar refractivity (Wildman–Crippen MR) is 60.1 cm³/mol. The highest BCUT2D eigenvalue weighted by molar-refractivity contribution is 5.86. The van der Waals surface area contributed by atoms with Crippen molar-refractivity contribution in [3.05, 3.63) is 35.3 Å². The number of hydrogen-bond donors (Lipinski definition) is 1. The summed E-state index contributed by atoms with van der Waals surface area (Å²) < 4.78 is 23.4. The minimum atomic E-state index is -1.18. The molecular formula is C12H10FNO4. The number of carbonyl (C=O) groups is 1. The SMILES string of the molecule is COc1cc(-c2cc(C(=O)O)no2)cc(C)c1F. The second-order valence-corrected chi connectivity index (χ2v) is 3.69. The highest BCUT2D eigenvalue weighted by Crippen LogP contribution is 2.29. The van der Waals surface area contributed by atoms with Crippen LogP contribution in [0.15, 0.2) is 22.7 Å². The monoisotopic (exact) mass is 251 g/mol. The first-order chi connectivity index (χ1) is 8.52. The molecule has 6 heteroatoms. The van der Waals surface area contributed by atoms with Gasteiger partial charge in [0.05, 0.1) is 7.11 Å². The number of halogens is 1. The van der Waals surface area contributed by atoms with E-state index >= 15 is 0 Å². The van der Waals surface area contributed by atoms with Crippen LogP contribution in [0.25, 0.3) is 11.3 Å². The van der Waals surface area contributed by atoms with Gasteiger partial charge in [0.25, 0.3) is 0 Å². The maximum Gasteiger partial charge on any atom is 0.358 e. The fourth-order valence-electron chi connectivity index (χ4n) is 1.54. The molecule has 0 atom stereocenters. The number of carboxylic acids is 1. The van der Waals surface area contributed by atoms with Gasteiger partial charge in [0.15, 0.2) is 23.0 Å². The van der Waals surface area contributed by atoms with Crippen LogP contribution >= 0.6 is 0 Å². The van der Waals surface area contributed by atoms with Crippen LogP contribution in [-0.2, 0) is 0 Å². The van der Waals surface area contributed by atoms with E-state index in [2.05, 4.69) is 5.16 Å². The Labute approximate surface area is 102 Å². The summed E-state index contributed by atoms with van der Waals surface area (Å²) in [6.07, 6.45) is 0. The summed E-state index contributed by atoms with van der Waals surface area (Å²) in [5, 5.41) is 12.1. The lowest BCUT2D eigenvalue weighted by atomic mass is 10.1. The lowest BCUT2D eigenvalue weighted by molar-refractivity contribution is 0.0686. The standard InChI is InChI=1S/C12H10FNO4/c1-6-3-7(4-10(17-2)11(6)13)9-5-8(12(15)16)14-18-9/h3-5H,1-2H3,(H,15,16). The van der Waals surface area contributed by atoms with Crippen LogP contribution in [0.2, 0.25) is 0 Å². The normalized spacial score (nSPS) is 10.4. The van der Waals surface area contributed by atoms with Gasteiger partial charge in [-0.2, -0.15) is 0 Å². The van der Waals surface area contributed by atoms with E-state index in [1.54, 1.807) is 6.92 Å². The number of aromatic carboxylic acids is 1. The van der Waals surface area contributed by atoms with Crippen LogP contribution in [0.4, 0.5) is 4.39 Å². The molecule has 0 aliphatic rings. The molecule has 94 valence electrons. The molecule has 0 saturated carbocycles. The van der Waals surface area contributed by atoms with Crippen molar-refractivity contribution >= 4 is 5.97 Å². The molecule has 0 unspecified atom stereocenters. The van der Waals surface area contributed by atoms with Crippen LogP contribution in [0.3, 0.4) is 0 Å². The number of methoxy groups -OCH3 is 1. The molecule has 0 amide bonds. The molecule has 0 radical (unpaired) electrons. The molecule has 0 aliphatic carbocycles. The van der Waals surface area contributed by atoms with E-state index in [9.17, 15) is 9.18 Å². The summed E-state index contributed by atoms with van der Waals surface area (Å²) in [5.74, 6) is -1.33. The van der Waals surface area contributed by atoms with Gasteiger partial charge < -0.3 is 14.4 Å². The first-order valence-corrected chi connectivity index (χ1v) is 5.07. The minimum Gasteiger partial charge on any atom is -0.494 e. The van der Waals surface area contributed by atoms with Crippen LogP contribution in [-0.4, -0.2) is 23.3 Å². The number of hydrogen-bond acceptors (Lipinski definition) is 4. The molecule has 0 saturated heterocycles. The topological polar surface area (TPSA) is 72.6 Å². The third kappa shape index (κ3) is 2.04. The summed E-state index contributed by atoms with van der Waals surface area (Å²) in [7, 11) is 1.35. The third-order valence-electron chi connectivity index (χ3n) is 2.45. The average Bonchev–Trinajstić information content (AvgIpc) is 2.82. The molecule has 5 nitrogen and oxygen atoms in total. The van der Waals surface area contributed by atoms with Crippen LogP contribution < -0.4 is 4.74 Å². The molecule has 0 aliphatic heterocycles. The molecule has 2 aromatic rings. The molecule has 1 aromatic carbocycles. The maximum absolute atomic E-state index is 13.6. The summed E-state index contributed by atoms with van der Waals surface area (Å²) >= 11 is 0. The third-order valence-corrected chi connectivity index (χ3v) is 2.45. The van der Waals surface area contributed by atoms with E-state index in [0.29, 0.717) is 11.1 Å². The zero-order chi connectivity index (χ0) is 13.3. The zero-order valence-electron chi connectivity index (χ0n) is 9.73. The van der Waals surface area contributed by atoms with E-state index in [4.69, 9.17) is 14.4 Å². The highest BCUT2D eigenvalue weighted by Gasteiger charge is 2.15. The number of aromatic nitrogens is 1. The summed E-state index contributed by atoms with van der Waals surface area (Å²) in [6, 6.07) is 4.23. The van der Waals surface area contributed by atoms with Gasteiger partial charge in [-0.25, -0.2) is 9.18 Å². The smallest absolute Gasteiger partial charge is 0.358 e. The largest absolute Gasteiger partial charge is 0.494 e. The molecule has 1 heterocycles. The first-order valence-electron chi connectivity index (χ1n) is 5.07. The van der Waals surface area contributed by atoms with Gasteiger partial charge in [-0.1, -0.05) is 5.16 Å². The number of ether oxygens (including phenoxy) is 1. The molecule has 2 rings (SSSR count). The van der Waals surface area contributed by atoms with Crippen LogP contribution in [0, 0.1) is 12.7 Å². The summed E-state index contributed by atoms with van der Waals surface area (Å²) in [6.45, 7) is 1.58. The van der Waals surface area contributed by atoms with Gasteiger partial charge in [0.2, 0.25) is 0 Å². The lowest BCUT2D eigenvalue weighted by Gasteiger charge is -2.06. The Morgan fingerprint density at radius 3 is 2.72 bits per heavy atom. The van der Waals surface area contributed by atoms with Gasteiger partial charge in [-0.15, -0.1) is 0 Å². The molecule has 0 fully saturated rings. The summed E-state index contributed by atoms with van der Waals surface area (Å²) in [5.41, 5.74) is 0.675. The Morgan fingerprint density at radius 2 is 2.17 bits per heavy atom. The van der Waals surface area contributed by atoms with Crippen molar-refractivity contribution in [3.8, 4) is 17.1 Å². The highest BCUT2D eigenvalue weighted by atomic mass is 19.1. The maximum atomic E-state index is 13.6. The Kier molecular flexibility index (Phi) is 3.01. The van der Waals surface area contributed by atoms with Crippen LogP contribution in [0.5, 0.6) is 5.75 Å². The molecule has 0 bridgehead atoms. The molecule has 1 aromatic heterocycles. The van der Waals surface area contributed by atoms with E-state index in [1.807, 2.05) is 0 Å². The lowest BCUT2D eigenvalue weighted by Crippen LogP contribution is -1.94. The van der Waals surface area contributed by atoms with Crippen molar-refractivity contribution in [2.75, 3.05) is 7.11 Å². The molecule has 18 heavy (non-hydrogen) atoms. The van der Waals surface area contributed by atoms with Crippen molar-refractivity contribution in [2.45, 2.75) is 6.92 Å². The molecule has 0 spiro atoms. The van der Waals surface area contributed by atoms with Crippen LogP contribution in [0.1, 0.15) is 16.1 Å². The molecular weight excluding hydrogens is 241 g/mol. The zero-order valence-corrected chi connectivity index (χ0v) is 9.73. The number of aryl methyl sites for hydroxylation is 1. The van der Waals surface area contributed by atoms with Crippen molar-refractivity contribution in [1.82, 2.24) is 5.16 Å². The molecule has 1 N–H and O–H groups in total. The van der Waals surface area contributed by atoms with Crippen molar-refractivity contribution in [2.24, 2.45) is 0 Å². The average molecular weight is 251 g/mol. The van der Waals surface area contributed by atoms with Gasteiger partial charge >= 0.3 is 5.97 Å². The Morgan fingerprint density at radius 1 is 1.44 bits per heavy atom. The van der Waals surface area contributed by atoms with Gasteiger partial charge in [-0.3, -0.25) is 0 Å². The quantitative estimate of drug-likeness (QED) is 0.907. The van der Waals surface area contributed by atoms with Crippen molar-refractivity contribution in [3.63, 3.8) is 0 Å².